The Morgan fingerprint density at radius 1 is 1.00 bits per heavy atom. The van der Waals surface area contributed by atoms with E-state index in [1.165, 1.54) is 12.1 Å². The zero-order chi connectivity index (χ0) is 22.3. The van der Waals surface area contributed by atoms with Crippen LogP contribution in [0.1, 0.15) is 16.2 Å². The van der Waals surface area contributed by atoms with Crippen molar-refractivity contribution in [3.05, 3.63) is 66.1 Å². The topological polar surface area (TPSA) is 101 Å². The lowest BCUT2D eigenvalue weighted by Gasteiger charge is -2.11. The van der Waals surface area contributed by atoms with Crippen LogP contribution >= 0.6 is 0 Å². The highest BCUT2D eigenvalue weighted by molar-refractivity contribution is 5.94. The molecule has 0 atom stereocenters. The highest BCUT2D eigenvalue weighted by atomic mass is 19.4. The van der Waals surface area contributed by atoms with Crippen molar-refractivity contribution in [2.75, 3.05) is 23.7 Å². The van der Waals surface area contributed by atoms with E-state index in [0.717, 1.165) is 12.1 Å². The predicted molar refractivity (Wildman–Crippen MR) is 108 cm³/mol. The molecule has 1 amide bonds. The molecule has 0 radical (unpaired) electrons. The number of hydrogen-bond acceptors (Lipinski definition) is 7. The Balaban J connectivity index is 1.48. The first-order valence-corrected chi connectivity index (χ1v) is 9.20. The summed E-state index contributed by atoms with van der Waals surface area (Å²) >= 11 is 0. The molecule has 0 aliphatic carbocycles. The van der Waals surface area contributed by atoms with Crippen LogP contribution in [0, 0.1) is 6.92 Å². The molecule has 0 fully saturated rings. The number of pyridine rings is 1. The molecule has 3 N–H and O–H groups in total. The number of anilines is 3. The fourth-order valence-corrected chi connectivity index (χ4v) is 2.57. The van der Waals surface area contributed by atoms with Gasteiger partial charge in [0, 0.05) is 30.9 Å². The second-order valence-corrected chi connectivity index (χ2v) is 6.28. The van der Waals surface area contributed by atoms with Crippen LogP contribution in [0.15, 0.2) is 54.7 Å². The van der Waals surface area contributed by atoms with Crippen molar-refractivity contribution in [3.63, 3.8) is 0 Å². The van der Waals surface area contributed by atoms with E-state index in [1.807, 2.05) is 18.2 Å². The molecule has 11 heteroatoms. The third kappa shape index (κ3) is 7.14. The van der Waals surface area contributed by atoms with Crippen LogP contribution in [0.5, 0.6) is 5.75 Å². The highest BCUT2D eigenvalue weighted by Gasteiger charge is 2.31. The molecule has 0 saturated heterocycles. The van der Waals surface area contributed by atoms with Crippen molar-refractivity contribution < 1.29 is 22.7 Å². The van der Waals surface area contributed by atoms with E-state index in [4.69, 9.17) is 0 Å². The van der Waals surface area contributed by atoms with Crippen LogP contribution in [0.25, 0.3) is 0 Å². The number of hydrogen-bond donors (Lipinski definition) is 3. The lowest BCUT2D eigenvalue weighted by atomic mass is 10.2. The molecule has 0 saturated carbocycles. The van der Waals surface area contributed by atoms with Crippen molar-refractivity contribution in [1.82, 2.24) is 20.3 Å². The number of rotatable bonds is 8. The van der Waals surface area contributed by atoms with Crippen molar-refractivity contribution in [2.24, 2.45) is 0 Å². The van der Waals surface area contributed by atoms with Gasteiger partial charge in [-0.1, -0.05) is 6.07 Å². The van der Waals surface area contributed by atoms with Gasteiger partial charge in [0.2, 0.25) is 0 Å². The van der Waals surface area contributed by atoms with Gasteiger partial charge in [0.05, 0.1) is 0 Å². The quantitative estimate of drug-likeness (QED) is 0.467. The van der Waals surface area contributed by atoms with E-state index in [-0.39, 0.29) is 17.9 Å². The fraction of sp³-hybridized carbons (Fsp3) is 0.200. The van der Waals surface area contributed by atoms with Gasteiger partial charge >= 0.3 is 6.36 Å². The third-order valence-electron chi connectivity index (χ3n) is 3.83. The minimum atomic E-state index is -4.78. The molecular formula is C20H19F3N6O2. The smallest absolute Gasteiger partial charge is 0.406 e. The number of amides is 1. The molecule has 2 aromatic heterocycles. The highest BCUT2D eigenvalue weighted by Crippen LogP contribution is 2.22. The fourth-order valence-electron chi connectivity index (χ4n) is 2.57. The van der Waals surface area contributed by atoms with E-state index in [2.05, 4.69) is 35.6 Å². The second-order valence-electron chi connectivity index (χ2n) is 6.28. The minimum Gasteiger partial charge on any atom is -0.406 e. The van der Waals surface area contributed by atoms with Crippen molar-refractivity contribution in [3.8, 4) is 5.75 Å². The maximum Gasteiger partial charge on any atom is 0.573 e. The van der Waals surface area contributed by atoms with Gasteiger partial charge in [0.25, 0.3) is 5.91 Å². The largest absolute Gasteiger partial charge is 0.573 e. The number of aryl methyl sites for hydroxylation is 1. The summed E-state index contributed by atoms with van der Waals surface area (Å²) < 4.78 is 40.3. The van der Waals surface area contributed by atoms with Crippen LogP contribution in [0.2, 0.25) is 0 Å². The Morgan fingerprint density at radius 3 is 2.42 bits per heavy atom. The summed E-state index contributed by atoms with van der Waals surface area (Å²) in [6, 6.07) is 11.9. The lowest BCUT2D eigenvalue weighted by Crippen LogP contribution is -2.29. The third-order valence-corrected chi connectivity index (χ3v) is 3.83. The van der Waals surface area contributed by atoms with Crippen LogP contribution in [0.3, 0.4) is 0 Å². The van der Waals surface area contributed by atoms with Crippen LogP contribution in [-0.2, 0) is 0 Å². The first kappa shape index (κ1) is 21.8. The Morgan fingerprint density at radius 2 is 1.74 bits per heavy atom. The van der Waals surface area contributed by atoms with E-state index in [1.54, 1.807) is 19.2 Å². The molecule has 2 heterocycles. The molecule has 0 aliphatic rings. The Hall–Kier alpha value is -3.89. The van der Waals surface area contributed by atoms with E-state index in [9.17, 15) is 18.0 Å². The standard InChI is InChI=1S/C20H19F3N6O2/c1-13-27-17(12-18(28-13)29-16-4-2-3-9-24-16)25-10-11-26-19(30)14-5-7-15(8-6-14)31-20(21,22)23/h2-9,12H,10-11H2,1H3,(H,26,30)(H2,24,25,27,28,29). The molecule has 3 aromatic rings. The summed E-state index contributed by atoms with van der Waals surface area (Å²) in [6.07, 6.45) is -3.11. The normalized spacial score (nSPS) is 11.0. The van der Waals surface area contributed by atoms with Gasteiger partial charge < -0.3 is 20.7 Å². The number of alkyl halides is 3. The molecule has 31 heavy (non-hydrogen) atoms. The average Bonchev–Trinajstić information content (AvgIpc) is 2.71. The van der Waals surface area contributed by atoms with Gasteiger partial charge in [-0.05, 0) is 43.3 Å². The number of ether oxygens (including phenoxy) is 1. The van der Waals surface area contributed by atoms with Gasteiger partial charge in [-0.15, -0.1) is 13.2 Å². The van der Waals surface area contributed by atoms with Crippen molar-refractivity contribution >= 4 is 23.4 Å². The number of carbonyl (C=O) groups is 1. The maximum atomic E-state index is 12.2. The van der Waals surface area contributed by atoms with Gasteiger partial charge in [-0.3, -0.25) is 4.79 Å². The first-order chi connectivity index (χ1) is 14.8. The number of carbonyl (C=O) groups excluding carboxylic acids is 1. The zero-order valence-electron chi connectivity index (χ0n) is 16.4. The molecule has 0 aliphatic heterocycles. The van der Waals surface area contributed by atoms with Crippen molar-refractivity contribution in [1.29, 1.82) is 0 Å². The van der Waals surface area contributed by atoms with Gasteiger partial charge in [-0.25, -0.2) is 15.0 Å². The van der Waals surface area contributed by atoms with Gasteiger partial charge in [0.15, 0.2) is 0 Å². The number of aromatic nitrogens is 3. The number of nitrogens with zero attached hydrogens (tertiary/aromatic N) is 3. The molecule has 0 bridgehead atoms. The van der Waals surface area contributed by atoms with Gasteiger partial charge in [-0.2, -0.15) is 0 Å². The SMILES string of the molecule is Cc1nc(NCCNC(=O)c2ccc(OC(F)(F)F)cc2)cc(Nc2ccccn2)n1. The van der Waals surface area contributed by atoms with Crippen LogP contribution < -0.4 is 20.7 Å². The Kier molecular flexibility index (Phi) is 6.85. The monoisotopic (exact) mass is 432 g/mol. The molecule has 8 nitrogen and oxygen atoms in total. The minimum absolute atomic E-state index is 0.217. The molecule has 1 aromatic carbocycles. The number of halogens is 3. The summed E-state index contributed by atoms with van der Waals surface area (Å²) in [4.78, 5) is 24.9. The number of benzene rings is 1. The lowest BCUT2D eigenvalue weighted by molar-refractivity contribution is -0.274. The molecule has 3 rings (SSSR count). The zero-order valence-corrected chi connectivity index (χ0v) is 16.4. The van der Waals surface area contributed by atoms with Crippen LogP contribution in [-0.4, -0.2) is 40.3 Å². The summed E-state index contributed by atoms with van der Waals surface area (Å²) in [5, 5.41) is 8.84. The number of nitrogens with one attached hydrogen (secondary N) is 3. The molecular weight excluding hydrogens is 413 g/mol. The predicted octanol–water partition coefficient (Wildman–Crippen LogP) is 3.66. The Labute approximate surface area is 175 Å². The molecule has 0 spiro atoms. The van der Waals surface area contributed by atoms with E-state index in [0.29, 0.717) is 29.8 Å². The molecule has 0 unspecified atom stereocenters. The van der Waals surface area contributed by atoms with Gasteiger partial charge in [0.1, 0.15) is 29.0 Å². The van der Waals surface area contributed by atoms with Crippen LogP contribution in [0.4, 0.5) is 30.6 Å². The summed E-state index contributed by atoms with van der Waals surface area (Å²) in [5.74, 6) is 1.52. The molecule has 162 valence electrons. The van der Waals surface area contributed by atoms with Crippen molar-refractivity contribution in [2.45, 2.75) is 13.3 Å². The summed E-state index contributed by atoms with van der Waals surface area (Å²) in [6.45, 7) is 2.40. The van der Waals surface area contributed by atoms with E-state index < -0.39 is 12.3 Å². The Bertz CT molecular complexity index is 1010. The second kappa shape index (κ2) is 9.74. The average molecular weight is 432 g/mol. The summed E-state index contributed by atoms with van der Waals surface area (Å²) in [7, 11) is 0. The first-order valence-electron chi connectivity index (χ1n) is 9.20. The van der Waals surface area contributed by atoms with E-state index >= 15 is 0 Å². The summed E-state index contributed by atoms with van der Waals surface area (Å²) in [5.41, 5.74) is 0.217. The maximum absolute atomic E-state index is 12.2.